The van der Waals surface area contributed by atoms with Gasteiger partial charge in [0.25, 0.3) is 0 Å². The minimum absolute atomic E-state index is 0.154. The van der Waals surface area contributed by atoms with E-state index in [1.54, 1.807) is 17.3 Å². The van der Waals surface area contributed by atoms with Crippen LogP contribution in [0.15, 0.2) is 15.4 Å². The van der Waals surface area contributed by atoms with Crippen LogP contribution in [0, 0.1) is 12.8 Å². The van der Waals surface area contributed by atoms with Gasteiger partial charge < -0.3 is 4.42 Å². The van der Waals surface area contributed by atoms with Crippen molar-refractivity contribution < 1.29 is 12.8 Å². The lowest BCUT2D eigenvalue weighted by molar-refractivity contribution is 0.359. The Kier molecular flexibility index (Phi) is 4.28. The number of furan rings is 1. The van der Waals surface area contributed by atoms with Crippen LogP contribution in [-0.4, -0.2) is 25.3 Å². The first kappa shape index (κ1) is 14.9. The molecule has 0 radical (unpaired) electrons. The SMILES string of the molecule is Cc1oc(CCl)cc1S(=O)(=O)N(CC(C)C)C1CC1. The molecule has 1 aliphatic carbocycles. The molecule has 1 saturated carbocycles. The van der Waals surface area contributed by atoms with E-state index in [1.165, 1.54) is 0 Å². The molecular weight excluding hydrogens is 286 g/mol. The summed E-state index contributed by atoms with van der Waals surface area (Å²) in [4.78, 5) is 0.260. The molecule has 0 atom stereocenters. The highest BCUT2D eigenvalue weighted by Crippen LogP contribution is 2.34. The smallest absolute Gasteiger partial charge is 0.246 e. The molecule has 1 aromatic rings. The summed E-state index contributed by atoms with van der Waals surface area (Å²) in [6, 6.07) is 1.70. The summed E-state index contributed by atoms with van der Waals surface area (Å²) >= 11 is 5.70. The first-order valence-corrected chi connectivity index (χ1v) is 8.50. The molecule has 1 heterocycles. The highest BCUT2D eigenvalue weighted by molar-refractivity contribution is 7.89. The lowest BCUT2D eigenvalue weighted by Gasteiger charge is -2.23. The second kappa shape index (κ2) is 5.46. The molecule has 0 unspecified atom stereocenters. The van der Waals surface area contributed by atoms with Crippen LogP contribution in [0.1, 0.15) is 38.2 Å². The molecule has 108 valence electrons. The molecule has 0 aromatic carbocycles. The fourth-order valence-electron chi connectivity index (χ4n) is 2.14. The molecule has 6 heteroatoms. The number of hydrogen-bond acceptors (Lipinski definition) is 3. The second-order valence-electron chi connectivity index (χ2n) is 5.47. The molecule has 19 heavy (non-hydrogen) atoms. The Morgan fingerprint density at radius 1 is 1.47 bits per heavy atom. The van der Waals surface area contributed by atoms with Crippen molar-refractivity contribution in [3.63, 3.8) is 0 Å². The lowest BCUT2D eigenvalue weighted by Crippen LogP contribution is -2.36. The van der Waals surface area contributed by atoms with Gasteiger partial charge in [-0.05, 0) is 25.7 Å². The Morgan fingerprint density at radius 2 is 2.11 bits per heavy atom. The van der Waals surface area contributed by atoms with Gasteiger partial charge in [0.2, 0.25) is 10.0 Å². The van der Waals surface area contributed by atoms with Crippen molar-refractivity contribution in [1.29, 1.82) is 0 Å². The van der Waals surface area contributed by atoms with E-state index in [9.17, 15) is 8.42 Å². The molecule has 4 nitrogen and oxygen atoms in total. The fraction of sp³-hybridized carbons (Fsp3) is 0.692. The second-order valence-corrected chi connectivity index (χ2v) is 7.59. The molecular formula is C13H20ClNO3S. The number of sulfonamides is 1. The predicted molar refractivity (Wildman–Crippen MR) is 74.8 cm³/mol. The maximum absolute atomic E-state index is 12.7. The predicted octanol–water partition coefficient (Wildman–Crippen LogP) is 3.14. The average molecular weight is 306 g/mol. The van der Waals surface area contributed by atoms with Crippen LogP contribution in [0.5, 0.6) is 0 Å². The van der Waals surface area contributed by atoms with Crippen LogP contribution in [0.3, 0.4) is 0 Å². The van der Waals surface area contributed by atoms with Crippen molar-refractivity contribution in [3.05, 3.63) is 17.6 Å². The molecule has 0 saturated heterocycles. The molecule has 1 aromatic heterocycles. The molecule has 2 rings (SSSR count). The summed E-state index contributed by atoms with van der Waals surface area (Å²) in [6.07, 6.45) is 1.90. The lowest BCUT2D eigenvalue weighted by atomic mass is 10.2. The number of nitrogens with zero attached hydrogens (tertiary/aromatic N) is 1. The normalized spacial score (nSPS) is 16.5. The maximum Gasteiger partial charge on any atom is 0.246 e. The Morgan fingerprint density at radius 3 is 2.53 bits per heavy atom. The van der Waals surface area contributed by atoms with Crippen LogP contribution in [0.25, 0.3) is 0 Å². The summed E-state index contributed by atoms with van der Waals surface area (Å²) in [6.45, 7) is 6.27. The summed E-state index contributed by atoms with van der Waals surface area (Å²) in [5.74, 6) is 1.41. The summed E-state index contributed by atoms with van der Waals surface area (Å²) in [5, 5.41) is 0. The Labute approximate surface area is 119 Å². The summed E-state index contributed by atoms with van der Waals surface area (Å²) < 4.78 is 32.4. The van der Waals surface area contributed by atoms with Gasteiger partial charge in [0.1, 0.15) is 16.4 Å². The van der Waals surface area contributed by atoms with Crippen molar-refractivity contribution in [3.8, 4) is 0 Å². The van der Waals surface area contributed by atoms with Crippen LogP contribution >= 0.6 is 11.6 Å². The molecule has 1 fully saturated rings. The standard InChI is InChI=1S/C13H20ClNO3S/c1-9(2)8-15(11-4-5-11)19(16,17)13-6-12(7-14)18-10(13)3/h6,9,11H,4-5,7-8H2,1-3H3. The van der Waals surface area contributed by atoms with Crippen molar-refractivity contribution >= 4 is 21.6 Å². The topological polar surface area (TPSA) is 50.5 Å². The number of hydrogen-bond donors (Lipinski definition) is 0. The Bertz CT molecular complexity index is 546. The monoisotopic (exact) mass is 305 g/mol. The summed E-state index contributed by atoms with van der Waals surface area (Å²) in [5.41, 5.74) is 0. The van der Waals surface area contributed by atoms with E-state index in [4.69, 9.17) is 16.0 Å². The van der Waals surface area contributed by atoms with Gasteiger partial charge in [-0.1, -0.05) is 13.8 Å². The van der Waals surface area contributed by atoms with E-state index < -0.39 is 10.0 Å². The van der Waals surface area contributed by atoms with Crippen molar-refractivity contribution in [1.82, 2.24) is 4.31 Å². The van der Waals surface area contributed by atoms with Gasteiger partial charge >= 0.3 is 0 Å². The molecule has 0 aliphatic heterocycles. The number of aryl methyl sites for hydroxylation is 1. The molecule has 1 aliphatic rings. The van der Waals surface area contributed by atoms with Gasteiger partial charge in [0.15, 0.2) is 0 Å². The van der Waals surface area contributed by atoms with Gasteiger partial charge in [-0.2, -0.15) is 4.31 Å². The number of rotatable bonds is 6. The highest BCUT2D eigenvalue weighted by Gasteiger charge is 2.39. The van der Waals surface area contributed by atoms with E-state index in [1.807, 2.05) is 13.8 Å². The fourth-order valence-corrected chi connectivity index (χ4v) is 4.31. The number of halogens is 1. The average Bonchev–Trinajstić information content (AvgIpc) is 3.08. The minimum Gasteiger partial charge on any atom is -0.464 e. The van der Waals surface area contributed by atoms with Crippen molar-refractivity contribution in [2.24, 2.45) is 5.92 Å². The maximum atomic E-state index is 12.7. The van der Waals surface area contributed by atoms with E-state index in [0.717, 1.165) is 12.8 Å². The Hall–Kier alpha value is -0.520. The zero-order valence-electron chi connectivity index (χ0n) is 11.5. The molecule has 0 amide bonds. The number of alkyl halides is 1. The third kappa shape index (κ3) is 3.15. The van der Waals surface area contributed by atoms with E-state index >= 15 is 0 Å². The van der Waals surface area contributed by atoms with E-state index in [2.05, 4.69) is 0 Å². The van der Waals surface area contributed by atoms with Gasteiger partial charge in [0.05, 0.1) is 5.88 Å². The highest BCUT2D eigenvalue weighted by atomic mass is 35.5. The molecule has 0 bridgehead atoms. The van der Waals surface area contributed by atoms with Crippen LogP contribution in [0.2, 0.25) is 0 Å². The van der Waals surface area contributed by atoms with Gasteiger partial charge in [-0.3, -0.25) is 0 Å². The van der Waals surface area contributed by atoms with E-state index in [-0.39, 0.29) is 16.8 Å². The largest absolute Gasteiger partial charge is 0.464 e. The zero-order valence-corrected chi connectivity index (χ0v) is 13.1. The van der Waals surface area contributed by atoms with E-state index in [0.29, 0.717) is 24.0 Å². The van der Waals surface area contributed by atoms with Crippen LogP contribution < -0.4 is 0 Å². The molecule has 0 N–H and O–H groups in total. The quantitative estimate of drug-likeness (QED) is 0.759. The zero-order chi connectivity index (χ0) is 14.2. The summed E-state index contributed by atoms with van der Waals surface area (Å²) in [7, 11) is -3.47. The minimum atomic E-state index is -3.47. The molecule has 0 spiro atoms. The first-order valence-electron chi connectivity index (χ1n) is 6.53. The van der Waals surface area contributed by atoms with Crippen molar-refractivity contribution in [2.45, 2.75) is 50.4 Å². The van der Waals surface area contributed by atoms with Crippen LogP contribution in [0.4, 0.5) is 0 Å². The van der Waals surface area contributed by atoms with Gasteiger partial charge in [-0.15, -0.1) is 11.6 Å². The third-order valence-corrected chi connectivity index (χ3v) is 5.43. The first-order chi connectivity index (χ1) is 8.86. The third-order valence-electron chi connectivity index (χ3n) is 3.14. The van der Waals surface area contributed by atoms with Crippen molar-refractivity contribution in [2.75, 3.05) is 6.54 Å². The van der Waals surface area contributed by atoms with Gasteiger partial charge in [0, 0.05) is 18.7 Å². The van der Waals surface area contributed by atoms with Crippen LogP contribution in [-0.2, 0) is 15.9 Å². The Balaban J connectivity index is 2.35. The van der Waals surface area contributed by atoms with Gasteiger partial charge in [-0.25, -0.2) is 8.42 Å².